The Labute approximate surface area is 118 Å². The lowest BCUT2D eigenvalue weighted by molar-refractivity contribution is -0.611. The summed E-state index contributed by atoms with van der Waals surface area (Å²) in [6, 6.07) is 0. The third-order valence-corrected chi connectivity index (χ3v) is 2.43. The molecule has 0 aromatic carbocycles. The molecule has 0 radical (unpaired) electrons. The molecular weight excluding hydrogens is 310 g/mol. The highest BCUT2D eigenvalue weighted by Gasteiger charge is 2.43. The van der Waals surface area contributed by atoms with E-state index >= 15 is 0 Å². The zero-order valence-corrected chi connectivity index (χ0v) is 10.1. The molecule has 0 saturated carbocycles. The molecule has 5 N–H and O–H groups in total. The second-order valence-electron chi connectivity index (χ2n) is 3.64. The summed E-state index contributed by atoms with van der Waals surface area (Å²) in [4.78, 5) is 55.1. The van der Waals surface area contributed by atoms with E-state index in [9.17, 15) is 29.2 Å². The number of aromatic nitrogens is 1. The van der Waals surface area contributed by atoms with Gasteiger partial charge in [-0.3, -0.25) is 0 Å². The van der Waals surface area contributed by atoms with Crippen molar-refractivity contribution in [1.29, 1.82) is 0 Å². The molecule has 0 saturated heterocycles. The Bertz CT molecular complexity index is 695. The summed E-state index contributed by atoms with van der Waals surface area (Å²) in [6.07, 6.45) is 0. The molecule has 0 aliphatic rings. The van der Waals surface area contributed by atoms with E-state index in [4.69, 9.17) is 25.5 Å². The van der Waals surface area contributed by atoms with Gasteiger partial charge in [-0.2, -0.15) is 4.73 Å². The fraction of sp³-hybridized carbons (Fsp3) is 0. The zero-order chi connectivity index (χ0) is 17.4. The summed E-state index contributed by atoms with van der Waals surface area (Å²) < 4.78 is -0.954. The highest BCUT2D eigenvalue weighted by atomic mass is 16.5. The van der Waals surface area contributed by atoms with Gasteiger partial charge in [-0.25, -0.2) is 24.0 Å². The maximum atomic E-state index is 11.7. The number of carbonyl (C=O) groups is 5. The third-order valence-electron chi connectivity index (χ3n) is 2.43. The maximum Gasteiger partial charge on any atom is 0.403 e. The summed E-state index contributed by atoms with van der Waals surface area (Å²) in [5.41, 5.74) is -8.36. The van der Waals surface area contributed by atoms with Crippen LogP contribution >= 0.6 is 0 Å². The first-order valence-corrected chi connectivity index (χ1v) is 5.02. The molecule has 0 atom stereocenters. The molecule has 0 spiro atoms. The number of carboxylic acid groups (broad SMARTS) is 5. The number of hydrogen-bond donors (Lipinski definition) is 5. The molecular formula is C10H5NO11. The molecule has 1 rings (SSSR count). The Hall–Kier alpha value is -3.70. The van der Waals surface area contributed by atoms with Crippen molar-refractivity contribution in [3.63, 3.8) is 0 Å². The normalized spacial score (nSPS) is 10.0. The van der Waals surface area contributed by atoms with Crippen LogP contribution in [0.5, 0.6) is 0 Å². The minimum absolute atomic E-state index is 0.954. The van der Waals surface area contributed by atoms with Gasteiger partial charge in [0, 0.05) is 0 Å². The van der Waals surface area contributed by atoms with Gasteiger partial charge in [-0.1, -0.05) is 0 Å². The molecule has 116 valence electrons. The van der Waals surface area contributed by atoms with Gasteiger partial charge in [0.05, 0.1) is 0 Å². The first-order valence-electron chi connectivity index (χ1n) is 5.02. The number of carboxylic acids is 5. The number of pyridine rings is 1. The number of rotatable bonds is 5. The predicted octanol–water partition coefficient (Wildman–Crippen LogP) is -1.19. The van der Waals surface area contributed by atoms with Crippen LogP contribution in [0.25, 0.3) is 0 Å². The van der Waals surface area contributed by atoms with E-state index in [1.165, 1.54) is 0 Å². The fourth-order valence-corrected chi connectivity index (χ4v) is 1.69. The maximum absolute atomic E-state index is 11.7. The minimum atomic E-state index is -2.24. The lowest BCUT2D eigenvalue weighted by atomic mass is 9.97. The summed E-state index contributed by atoms with van der Waals surface area (Å²) in [5, 5.41) is 56.0. The van der Waals surface area contributed by atoms with Gasteiger partial charge >= 0.3 is 41.2 Å². The molecule has 1 heterocycles. The molecule has 12 heteroatoms. The van der Waals surface area contributed by atoms with Crippen LogP contribution < -0.4 is 4.73 Å². The second kappa shape index (κ2) is 5.35. The molecule has 12 nitrogen and oxygen atoms in total. The van der Waals surface area contributed by atoms with Gasteiger partial charge in [0.25, 0.3) is 0 Å². The van der Waals surface area contributed by atoms with Crippen LogP contribution in [0.2, 0.25) is 0 Å². The average molecular weight is 315 g/mol. The van der Waals surface area contributed by atoms with Gasteiger partial charge in [-0.05, 0) is 0 Å². The Morgan fingerprint density at radius 1 is 0.591 bits per heavy atom. The minimum Gasteiger partial charge on any atom is -0.617 e. The van der Waals surface area contributed by atoms with Gasteiger partial charge in [0.1, 0.15) is 5.56 Å². The van der Waals surface area contributed by atoms with Crippen LogP contribution in [-0.4, -0.2) is 55.4 Å². The lowest BCUT2D eigenvalue weighted by Gasteiger charge is -2.12. The fourth-order valence-electron chi connectivity index (χ4n) is 1.69. The highest BCUT2D eigenvalue weighted by Crippen LogP contribution is 2.21. The Balaban J connectivity index is 4.31. The molecule has 0 bridgehead atoms. The summed E-state index contributed by atoms with van der Waals surface area (Å²) >= 11 is 0. The van der Waals surface area contributed by atoms with Crippen LogP contribution in [0.1, 0.15) is 52.1 Å². The monoisotopic (exact) mass is 315 g/mol. The van der Waals surface area contributed by atoms with E-state index < -0.39 is 62.7 Å². The predicted molar refractivity (Wildman–Crippen MR) is 60.2 cm³/mol. The van der Waals surface area contributed by atoms with Gasteiger partial charge in [-0.15, -0.1) is 0 Å². The van der Waals surface area contributed by atoms with Crippen LogP contribution in [-0.2, 0) is 0 Å². The van der Waals surface area contributed by atoms with Crippen LogP contribution in [0, 0.1) is 5.21 Å². The van der Waals surface area contributed by atoms with Gasteiger partial charge < -0.3 is 30.7 Å². The molecule has 0 aliphatic heterocycles. The molecule has 0 unspecified atom stereocenters. The lowest BCUT2D eigenvalue weighted by Crippen LogP contribution is -2.46. The first kappa shape index (κ1) is 16.4. The molecule has 22 heavy (non-hydrogen) atoms. The standard InChI is InChI=1S/C10H5NO11/c12-6(13)1-2(7(14)15)4(9(18)19)11(22)5(10(20)21)3(1)8(16)17/h(H,12,13)(H,14,15)(H,16,17)(H,18,19)(H,20,21). The molecule has 1 aromatic heterocycles. The van der Waals surface area contributed by atoms with Crippen molar-refractivity contribution >= 4 is 29.8 Å². The third kappa shape index (κ3) is 2.35. The van der Waals surface area contributed by atoms with Crippen molar-refractivity contribution in [3.8, 4) is 0 Å². The van der Waals surface area contributed by atoms with Crippen molar-refractivity contribution in [3.05, 3.63) is 33.3 Å². The second-order valence-corrected chi connectivity index (χ2v) is 3.64. The summed E-state index contributed by atoms with van der Waals surface area (Å²) in [6.45, 7) is 0. The largest absolute Gasteiger partial charge is 0.617 e. The highest BCUT2D eigenvalue weighted by molar-refractivity contribution is 6.15. The number of aromatic carboxylic acids is 5. The van der Waals surface area contributed by atoms with E-state index in [2.05, 4.69) is 0 Å². The van der Waals surface area contributed by atoms with Gasteiger partial charge in [0.2, 0.25) is 0 Å². The molecule has 0 amide bonds. The van der Waals surface area contributed by atoms with E-state index in [0.29, 0.717) is 0 Å². The molecule has 1 aromatic rings. The van der Waals surface area contributed by atoms with Crippen LogP contribution in [0.15, 0.2) is 0 Å². The summed E-state index contributed by atoms with van der Waals surface area (Å²) in [7, 11) is 0. The zero-order valence-electron chi connectivity index (χ0n) is 10.1. The SMILES string of the molecule is O=C(O)c1c(C(=O)O)c(C(=O)O)[n+]([O-])c(C(=O)O)c1C(=O)O. The van der Waals surface area contributed by atoms with Crippen LogP contribution in [0.3, 0.4) is 0 Å². The van der Waals surface area contributed by atoms with E-state index in [-0.39, 0.29) is 0 Å². The van der Waals surface area contributed by atoms with Gasteiger partial charge in [0.15, 0.2) is 11.1 Å². The van der Waals surface area contributed by atoms with E-state index in [1.54, 1.807) is 0 Å². The Morgan fingerprint density at radius 3 is 1.05 bits per heavy atom. The first-order chi connectivity index (χ1) is 10.0. The summed E-state index contributed by atoms with van der Waals surface area (Å²) in [5.74, 6) is -11.2. The van der Waals surface area contributed by atoms with Crippen molar-refractivity contribution in [2.75, 3.05) is 0 Å². The number of hydrogen-bond acceptors (Lipinski definition) is 6. The van der Waals surface area contributed by atoms with Crippen molar-refractivity contribution in [2.45, 2.75) is 0 Å². The number of nitrogens with zero attached hydrogens (tertiary/aromatic N) is 1. The van der Waals surface area contributed by atoms with Crippen molar-refractivity contribution in [1.82, 2.24) is 0 Å². The van der Waals surface area contributed by atoms with E-state index in [1.807, 2.05) is 0 Å². The Morgan fingerprint density at radius 2 is 0.864 bits per heavy atom. The van der Waals surface area contributed by atoms with E-state index in [0.717, 1.165) is 0 Å². The van der Waals surface area contributed by atoms with Crippen molar-refractivity contribution in [2.24, 2.45) is 0 Å². The van der Waals surface area contributed by atoms with Crippen molar-refractivity contribution < 1.29 is 54.2 Å². The quantitative estimate of drug-likeness (QED) is 0.321. The van der Waals surface area contributed by atoms with Crippen LogP contribution in [0.4, 0.5) is 0 Å². The Kier molecular flexibility index (Phi) is 3.98. The molecule has 0 aliphatic carbocycles. The average Bonchev–Trinajstić information content (AvgIpc) is 2.34. The topological polar surface area (TPSA) is 213 Å². The smallest absolute Gasteiger partial charge is 0.403 e. The molecule has 0 fully saturated rings.